The van der Waals surface area contributed by atoms with Gasteiger partial charge in [0.05, 0.1) is 0 Å². The molecule has 0 N–H and O–H groups in total. The zero-order chi connectivity index (χ0) is 17.9. The van der Waals surface area contributed by atoms with Crippen LogP contribution in [-0.4, -0.2) is 6.16 Å². The maximum absolute atomic E-state index is 3.00. The van der Waals surface area contributed by atoms with Gasteiger partial charge in [-0.25, -0.2) is 0 Å². The van der Waals surface area contributed by atoms with Crippen molar-refractivity contribution in [3.8, 4) is 0 Å². The molecule has 126 valence electrons. The summed E-state index contributed by atoms with van der Waals surface area (Å²) in [6.07, 6.45) is 9.74. The first kappa shape index (κ1) is 20.1. The van der Waals surface area contributed by atoms with E-state index in [-0.39, 0.29) is 7.92 Å². The molecule has 0 bridgehead atoms. The molecule has 0 saturated heterocycles. The first-order chi connectivity index (χ1) is 11.6. The molecule has 1 heteroatoms. The first-order valence-electron chi connectivity index (χ1n) is 8.31. The van der Waals surface area contributed by atoms with E-state index >= 15 is 0 Å². The fourth-order valence-electron chi connectivity index (χ4n) is 2.89. The molecule has 0 fully saturated rings. The van der Waals surface area contributed by atoms with Gasteiger partial charge < -0.3 is 0 Å². The second-order valence-corrected chi connectivity index (χ2v) is 7.83. The Bertz CT molecular complexity index is 657. The van der Waals surface area contributed by atoms with Crippen LogP contribution < -0.4 is 10.6 Å². The molecule has 0 nitrogen and oxygen atoms in total. The lowest BCUT2D eigenvalue weighted by atomic mass is 10.1. The highest BCUT2D eigenvalue weighted by molar-refractivity contribution is 7.73. The van der Waals surface area contributed by atoms with Crippen molar-refractivity contribution in [3.05, 3.63) is 96.6 Å². The summed E-state index contributed by atoms with van der Waals surface area (Å²) in [5, 5.41) is 3.00. The van der Waals surface area contributed by atoms with Crippen LogP contribution in [0, 0.1) is 20.8 Å². The van der Waals surface area contributed by atoms with Crippen molar-refractivity contribution < 1.29 is 0 Å². The highest BCUT2D eigenvalue weighted by Crippen LogP contribution is 2.36. The van der Waals surface area contributed by atoms with Gasteiger partial charge in [0.15, 0.2) is 0 Å². The summed E-state index contributed by atoms with van der Waals surface area (Å²) in [7, 11) is -0.342. The van der Waals surface area contributed by atoms with Crippen molar-refractivity contribution in [1.82, 2.24) is 0 Å². The second-order valence-electron chi connectivity index (χ2n) is 5.65. The summed E-state index contributed by atoms with van der Waals surface area (Å²) in [4.78, 5) is 0. The second kappa shape index (κ2) is 10.8. The van der Waals surface area contributed by atoms with Crippen LogP contribution in [0.3, 0.4) is 0 Å². The number of hydrogen-bond acceptors (Lipinski definition) is 0. The molecule has 0 spiro atoms. The zero-order valence-electron chi connectivity index (χ0n) is 15.4. The molecule has 1 atom stereocenters. The van der Waals surface area contributed by atoms with Crippen LogP contribution in [0.1, 0.15) is 23.6 Å². The van der Waals surface area contributed by atoms with E-state index in [4.69, 9.17) is 0 Å². The third kappa shape index (κ3) is 5.62. The van der Waals surface area contributed by atoms with Crippen LogP contribution in [0.25, 0.3) is 0 Å². The number of allylic oxidation sites excluding steroid dienone is 4. The normalized spacial score (nSPS) is 12.2. The van der Waals surface area contributed by atoms with E-state index in [1.807, 2.05) is 0 Å². The summed E-state index contributed by atoms with van der Waals surface area (Å²) in [5.41, 5.74) is 4.20. The SMILES string of the molecule is C/C=C\C=C/CP(c1ccccc1)c1c(C)cc(C)cc1C.C=C. The van der Waals surface area contributed by atoms with Crippen LogP contribution in [-0.2, 0) is 0 Å². The summed E-state index contributed by atoms with van der Waals surface area (Å²) in [6.45, 7) is 14.7. The minimum atomic E-state index is -0.342. The minimum absolute atomic E-state index is 0.342. The largest absolute Gasteiger partial charge is 0.106 e. The monoisotopic (exact) mass is 336 g/mol. The Morgan fingerprint density at radius 3 is 2.04 bits per heavy atom. The van der Waals surface area contributed by atoms with Crippen molar-refractivity contribution in [2.45, 2.75) is 27.7 Å². The fraction of sp³-hybridized carbons (Fsp3) is 0.217. The van der Waals surface area contributed by atoms with E-state index in [0.717, 1.165) is 6.16 Å². The van der Waals surface area contributed by atoms with E-state index in [0.29, 0.717) is 0 Å². The number of aryl methyl sites for hydroxylation is 3. The number of benzene rings is 2. The Kier molecular flexibility index (Phi) is 9.05. The van der Waals surface area contributed by atoms with Crippen LogP contribution >= 0.6 is 7.92 Å². The highest BCUT2D eigenvalue weighted by atomic mass is 31.1. The molecule has 0 aliphatic rings. The third-order valence-corrected chi connectivity index (χ3v) is 6.44. The highest BCUT2D eigenvalue weighted by Gasteiger charge is 2.16. The molecule has 0 aromatic heterocycles. The molecule has 0 saturated carbocycles. The van der Waals surface area contributed by atoms with Gasteiger partial charge >= 0.3 is 0 Å². The zero-order valence-corrected chi connectivity index (χ0v) is 16.3. The fourth-order valence-corrected chi connectivity index (χ4v) is 5.38. The van der Waals surface area contributed by atoms with Gasteiger partial charge in [0.2, 0.25) is 0 Å². The van der Waals surface area contributed by atoms with Gasteiger partial charge in [-0.05, 0) is 63.5 Å². The quantitative estimate of drug-likeness (QED) is 0.358. The molecule has 24 heavy (non-hydrogen) atoms. The molecule has 0 amide bonds. The van der Waals surface area contributed by atoms with Crippen molar-refractivity contribution in [2.75, 3.05) is 6.16 Å². The molecule has 2 aromatic rings. The average Bonchev–Trinajstić information content (AvgIpc) is 2.58. The summed E-state index contributed by atoms with van der Waals surface area (Å²) < 4.78 is 0. The predicted octanol–water partition coefficient (Wildman–Crippen LogP) is 5.98. The standard InChI is InChI=1S/C21H25P.C2H4/c1-5-6-7-11-14-22(20-12-9-8-10-13-20)21-18(3)15-17(2)16-19(21)4;1-2/h5-13,15-16H,14H2,1-4H3;1-2H2/b6-5-,11-7-;. The van der Waals surface area contributed by atoms with Gasteiger partial charge in [-0.15, -0.1) is 13.2 Å². The maximum Gasteiger partial charge on any atom is -0.00609 e. The van der Waals surface area contributed by atoms with E-state index in [1.54, 1.807) is 0 Å². The number of rotatable bonds is 5. The van der Waals surface area contributed by atoms with Gasteiger partial charge in [0, 0.05) is 0 Å². The molecule has 0 aliphatic carbocycles. The van der Waals surface area contributed by atoms with E-state index in [2.05, 4.69) is 108 Å². The van der Waals surface area contributed by atoms with Crippen LogP contribution in [0.15, 0.2) is 79.9 Å². The molecule has 0 radical (unpaired) electrons. The Morgan fingerprint density at radius 2 is 1.50 bits per heavy atom. The Hall–Kier alpha value is -1.91. The Morgan fingerprint density at radius 1 is 0.917 bits per heavy atom. The lowest BCUT2D eigenvalue weighted by molar-refractivity contribution is 1.35. The Labute approximate surface area is 149 Å². The topological polar surface area (TPSA) is 0 Å². The van der Waals surface area contributed by atoms with Crippen molar-refractivity contribution in [3.63, 3.8) is 0 Å². The molecule has 0 heterocycles. The summed E-state index contributed by atoms with van der Waals surface area (Å²) >= 11 is 0. The molecule has 0 aliphatic heterocycles. The average molecular weight is 336 g/mol. The van der Waals surface area contributed by atoms with Crippen molar-refractivity contribution in [1.29, 1.82) is 0 Å². The van der Waals surface area contributed by atoms with Crippen molar-refractivity contribution >= 4 is 18.5 Å². The molecule has 2 rings (SSSR count). The number of hydrogen-bond donors (Lipinski definition) is 0. The molecule has 1 unspecified atom stereocenters. The maximum atomic E-state index is 3.00. The van der Waals surface area contributed by atoms with Crippen LogP contribution in [0.5, 0.6) is 0 Å². The summed E-state index contributed by atoms with van der Waals surface area (Å²) in [5.74, 6) is 0. The smallest absolute Gasteiger partial charge is 0.00609 e. The van der Waals surface area contributed by atoms with Gasteiger partial charge in [-0.3, -0.25) is 0 Å². The molecular weight excluding hydrogens is 307 g/mol. The Balaban J connectivity index is 0.00000139. The molecular formula is C23H29P. The van der Waals surface area contributed by atoms with Crippen molar-refractivity contribution in [2.24, 2.45) is 0 Å². The van der Waals surface area contributed by atoms with Crippen LogP contribution in [0.4, 0.5) is 0 Å². The predicted molar refractivity (Wildman–Crippen MR) is 113 cm³/mol. The first-order valence-corrected chi connectivity index (χ1v) is 9.84. The van der Waals surface area contributed by atoms with Gasteiger partial charge in [0.1, 0.15) is 0 Å². The molecule has 2 aromatic carbocycles. The lowest BCUT2D eigenvalue weighted by Gasteiger charge is -2.22. The third-order valence-electron chi connectivity index (χ3n) is 3.70. The summed E-state index contributed by atoms with van der Waals surface area (Å²) in [6, 6.07) is 15.6. The van der Waals surface area contributed by atoms with E-state index in [1.165, 1.54) is 27.3 Å². The van der Waals surface area contributed by atoms with Crippen LogP contribution in [0.2, 0.25) is 0 Å². The van der Waals surface area contributed by atoms with Gasteiger partial charge in [-0.1, -0.05) is 72.3 Å². The van der Waals surface area contributed by atoms with Gasteiger partial charge in [0.25, 0.3) is 0 Å². The van der Waals surface area contributed by atoms with E-state index < -0.39 is 0 Å². The lowest BCUT2D eigenvalue weighted by Crippen LogP contribution is -2.19. The van der Waals surface area contributed by atoms with Gasteiger partial charge in [-0.2, -0.15) is 0 Å². The van der Waals surface area contributed by atoms with E-state index in [9.17, 15) is 0 Å². The minimum Gasteiger partial charge on any atom is -0.106 e.